The maximum absolute atomic E-state index is 5.76. The van der Waals surface area contributed by atoms with E-state index < -0.39 is 0 Å². The molecule has 16 heavy (non-hydrogen) atoms. The van der Waals surface area contributed by atoms with Crippen LogP contribution in [0.2, 0.25) is 0 Å². The second kappa shape index (κ2) is 6.54. The molecule has 0 saturated carbocycles. The van der Waals surface area contributed by atoms with Gasteiger partial charge >= 0.3 is 0 Å². The van der Waals surface area contributed by atoms with Gasteiger partial charge in [-0.15, -0.1) is 0 Å². The molecule has 2 N–H and O–H groups in total. The van der Waals surface area contributed by atoms with Crippen molar-refractivity contribution >= 4 is 0 Å². The molecule has 0 heterocycles. The fraction of sp³-hybridized carbons (Fsp3) is 0.571. The smallest absolute Gasteiger partial charge is 0.119 e. The van der Waals surface area contributed by atoms with Crippen molar-refractivity contribution in [3.05, 3.63) is 29.8 Å². The molecule has 90 valence electrons. The predicted octanol–water partition coefficient (Wildman–Crippen LogP) is 3.17. The maximum atomic E-state index is 5.76. The van der Waals surface area contributed by atoms with Gasteiger partial charge in [-0.2, -0.15) is 0 Å². The predicted molar refractivity (Wildman–Crippen MR) is 68.9 cm³/mol. The second-order valence-corrected chi connectivity index (χ2v) is 4.72. The van der Waals surface area contributed by atoms with Gasteiger partial charge in [0, 0.05) is 0 Å². The topological polar surface area (TPSA) is 35.2 Å². The highest BCUT2D eigenvalue weighted by Crippen LogP contribution is 2.20. The van der Waals surface area contributed by atoms with Gasteiger partial charge in [0.05, 0.1) is 6.61 Å². The summed E-state index contributed by atoms with van der Waals surface area (Å²) < 4.78 is 5.76. The minimum atomic E-state index is 0.521. The second-order valence-electron chi connectivity index (χ2n) is 4.72. The van der Waals surface area contributed by atoms with Crippen LogP contribution in [0.3, 0.4) is 0 Å². The van der Waals surface area contributed by atoms with Gasteiger partial charge in [0.25, 0.3) is 0 Å². The molecule has 0 bridgehead atoms. The summed E-state index contributed by atoms with van der Waals surface area (Å²) in [5.41, 5.74) is 6.83. The Morgan fingerprint density at radius 3 is 2.62 bits per heavy atom. The van der Waals surface area contributed by atoms with Crippen molar-refractivity contribution in [1.29, 1.82) is 0 Å². The Labute approximate surface area is 98.8 Å². The average molecular weight is 221 g/mol. The lowest BCUT2D eigenvalue weighted by molar-refractivity contribution is 0.254. The van der Waals surface area contributed by atoms with Crippen LogP contribution in [0.25, 0.3) is 0 Å². The summed E-state index contributed by atoms with van der Waals surface area (Å²) in [6, 6.07) is 8.33. The number of hydrogen-bond donors (Lipinski definition) is 1. The molecule has 0 fully saturated rings. The van der Waals surface area contributed by atoms with Gasteiger partial charge in [-0.1, -0.05) is 32.9 Å². The molecular weight excluding hydrogens is 198 g/mol. The van der Waals surface area contributed by atoms with Crippen molar-refractivity contribution in [2.45, 2.75) is 33.1 Å². The molecule has 0 aliphatic rings. The van der Waals surface area contributed by atoms with Crippen LogP contribution in [0.4, 0.5) is 0 Å². The minimum absolute atomic E-state index is 0.521. The molecule has 0 aliphatic heterocycles. The van der Waals surface area contributed by atoms with Crippen molar-refractivity contribution in [2.75, 3.05) is 13.2 Å². The summed E-state index contributed by atoms with van der Waals surface area (Å²) in [7, 11) is 0. The third-order valence-corrected chi connectivity index (χ3v) is 2.72. The fourth-order valence-electron chi connectivity index (χ4n) is 1.57. The zero-order valence-electron chi connectivity index (χ0n) is 10.6. The number of benzene rings is 1. The molecule has 1 atom stereocenters. The van der Waals surface area contributed by atoms with Gasteiger partial charge in [0.15, 0.2) is 0 Å². The van der Waals surface area contributed by atoms with Gasteiger partial charge in [-0.05, 0) is 42.5 Å². The fourth-order valence-corrected chi connectivity index (χ4v) is 1.57. The first kappa shape index (κ1) is 13.0. The molecule has 1 unspecified atom stereocenters. The van der Waals surface area contributed by atoms with Crippen LogP contribution >= 0.6 is 0 Å². The van der Waals surface area contributed by atoms with Crippen LogP contribution in [0, 0.1) is 5.92 Å². The summed E-state index contributed by atoms with van der Waals surface area (Å²) in [5.74, 6) is 2.03. The Morgan fingerprint density at radius 2 is 2.00 bits per heavy atom. The number of rotatable bonds is 6. The molecular formula is C14H23NO. The summed E-state index contributed by atoms with van der Waals surface area (Å²) >= 11 is 0. The van der Waals surface area contributed by atoms with Gasteiger partial charge in [0.2, 0.25) is 0 Å². The maximum Gasteiger partial charge on any atom is 0.119 e. The third-order valence-electron chi connectivity index (χ3n) is 2.72. The zero-order valence-corrected chi connectivity index (χ0v) is 10.6. The molecule has 0 saturated heterocycles. The summed E-state index contributed by atoms with van der Waals surface area (Å²) in [6.45, 7) is 8.03. The van der Waals surface area contributed by atoms with Crippen molar-refractivity contribution in [1.82, 2.24) is 0 Å². The van der Waals surface area contributed by atoms with Crippen LogP contribution in [0.15, 0.2) is 24.3 Å². The van der Waals surface area contributed by atoms with Gasteiger partial charge in [-0.25, -0.2) is 0 Å². The van der Waals surface area contributed by atoms with Gasteiger partial charge in [-0.3, -0.25) is 0 Å². The SMILES string of the molecule is CC(CCN)COc1cccc(C(C)C)c1. The van der Waals surface area contributed by atoms with E-state index in [1.165, 1.54) is 5.56 Å². The van der Waals surface area contributed by atoms with Crippen molar-refractivity contribution in [2.24, 2.45) is 11.7 Å². The molecule has 0 spiro atoms. The van der Waals surface area contributed by atoms with Crippen LogP contribution in [-0.4, -0.2) is 13.2 Å². The first-order valence-corrected chi connectivity index (χ1v) is 6.06. The van der Waals surface area contributed by atoms with E-state index >= 15 is 0 Å². The Kier molecular flexibility index (Phi) is 5.33. The lowest BCUT2D eigenvalue weighted by atomic mass is 10.0. The minimum Gasteiger partial charge on any atom is -0.493 e. The van der Waals surface area contributed by atoms with Gasteiger partial charge in [0.1, 0.15) is 5.75 Å². The molecule has 2 nitrogen and oxygen atoms in total. The van der Waals surface area contributed by atoms with E-state index in [1.54, 1.807) is 0 Å². The summed E-state index contributed by atoms with van der Waals surface area (Å²) in [5, 5.41) is 0. The highest BCUT2D eigenvalue weighted by molar-refractivity contribution is 5.30. The van der Waals surface area contributed by atoms with Crippen LogP contribution in [-0.2, 0) is 0 Å². The summed E-state index contributed by atoms with van der Waals surface area (Å²) in [6.07, 6.45) is 1.02. The first-order chi connectivity index (χ1) is 7.63. The Bertz CT molecular complexity index is 309. The normalized spacial score (nSPS) is 12.8. The molecule has 2 heteroatoms. The number of hydrogen-bond acceptors (Lipinski definition) is 2. The standard InChI is InChI=1S/C14H23NO/c1-11(2)13-5-4-6-14(9-13)16-10-12(3)7-8-15/h4-6,9,11-12H,7-8,10,15H2,1-3H3. The largest absolute Gasteiger partial charge is 0.493 e. The van der Waals surface area contributed by atoms with Crippen LogP contribution in [0.5, 0.6) is 5.75 Å². The number of ether oxygens (including phenoxy) is 1. The average Bonchev–Trinajstić information content (AvgIpc) is 2.27. The van der Waals surface area contributed by atoms with E-state index in [-0.39, 0.29) is 0 Å². The van der Waals surface area contributed by atoms with E-state index in [2.05, 4.69) is 39.0 Å². The molecule has 1 rings (SSSR count). The highest BCUT2D eigenvalue weighted by Gasteiger charge is 2.04. The molecule has 1 aromatic carbocycles. The zero-order chi connectivity index (χ0) is 12.0. The monoisotopic (exact) mass is 221 g/mol. The van der Waals surface area contributed by atoms with Crippen LogP contribution in [0.1, 0.15) is 38.7 Å². The van der Waals surface area contributed by atoms with Crippen molar-refractivity contribution < 1.29 is 4.74 Å². The van der Waals surface area contributed by atoms with E-state index in [0.717, 1.165) is 25.3 Å². The Hall–Kier alpha value is -1.02. The molecule has 0 radical (unpaired) electrons. The Morgan fingerprint density at radius 1 is 1.25 bits per heavy atom. The highest BCUT2D eigenvalue weighted by atomic mass is 16.5. The summed E-state index contributed by atoms with van der Waals surface area (Å²) in [4.78, 5) is 0. The third kappa shape index (κ3) is 4.23. The lowest BCUT2D eigenvalue weighted by Gasteiger charge is -2.13. The number of nitrogens with two attached hydrogens (primary N) is 1. The van der Waals surface area contributed by atoms with Crippen LogP contribution < -0.4 is 10.5 Å². The molecule has 0 aliphatic carbocycles. The lowest BCUT2D eigenvalue weighted by Crippen LogP contribution is -2.13. The quantitative estimate of drug-likeness (QED) is 0.800. The van der Waals surface area contributed by atoms with Gasteiger partial charge < -0.3 is 10.5 Å². The molecule has 1 aromatic rings. The van der Waals surface area contributed by atoms with E-state index in [0.29, 0.717) is 11.8 Å². The van der Waals surface area contributed by atoms with E-state index in [4.69, 9.17) is 10.5 Å². The van der Waals surface area contributed by atoms with E-state index in [9.17, 15) is 0 Å². The molecule has 0 aromatic heterocycles. The van der Waals surface area contributed by atoms with E-state index in [1.807, 2.05) is 6.07 Å². The van der Waals surface area contributed by atoms with Crippen molar-refractivity contribution in [3.8, 4) is 5.75 Å². The Balaban J connectivity index is 2.50. The first-order valence-electron chi connectivity index (χ1n) is 6.06. The van der Waals surface area contributed by atoms with Crippen molar-refractivity contribution in [3.63, 3.8) is 0 Å². The molecule has 0 amide bonds.